The number of hydrogen-bond donors (Lipinski definition) is 1. The fourth-order valence-electron chi connectivity index (χ4n) is 2.02. The first-order chi connectivity index (χ1) is 10.2. The third-order valence-corrected chi connectivity index (χ3v) is 3.45. The Morgan fingerprint density at radius 3 is 2.86 bits per heavy atom. The van der Waals surface area contributed by atoms with Gasteiger partial charge in [0, 0.05) is 37.6 Å². The van der Waals surface area contributed by atoms with Crippen molar-refractivity contribution in [2.45, 2.75) is 20.1 Å². The van der Waals surface area contributed by atoms with Crippen LogP contribution in [0.2, 0.25) is 0 Å². The van der Waals surface area contributed by atoms with Crippen LogP contribution in [-0.2, 0) is 29.7 Å². The molecule has 0 bridgehead atoms. The first kappa shape index (κ1) is 15.5. The highest BCUT2D eigenvalue weighted by molar-refractivity contribution is 5.46. The molecular weight excluding hydrogens is 266 g/mol. The predicted octanol–water partition coefficient (Wildman–Crippen LogP) is 2.50. The second kappa shape index (κ2) is 7.81. The highest BCUT2D eigenvalue weighted by Crippen LogP contribution is 2.14. The molecule has 0 atom stereocenters. The van der Waals surface area contributed by atoms with Crippen molar-refractivity contribution in [1.29, 1.82) is 0 Å². The molecule has 1 heterocycles. The summed E-state index contributed by atoms with van der Waals surface area (Å²) in [5, 5.41) is 7.67. The molecule has 0 amide bonds. The molecule has 0 aliphatic carbocycles. The molecule has 0 radical (unpaired) electrons. The first-order valence-electron chi connectivity index (χ1n) is 7.07. The van der Waals surface area contributed by atoms with Gasteiger partial charge in [0.15, 0.2) is 0 Å². The fraction of sp³-hybridized carbons (Fsp3) is 0.438. The Morgan fingerprint density at radius 2 is 2.14 bits per heavy atom. The van der Waals surface area contributed by atoms with E-state index < -0.39 is 0 Å². The summed E-state index contributed by atoms with van der Waals surface area (Å²) in [7, 11) is 3.63. The van der Waals surface area contributed by atoms with Gasteiger partial charge in [-0.15, -0.1) is 0 Å². The lowest BCUT2D eigenvalue weighted by molar-refractivity contribution is 0.0617. The van der Waals surface area contributed by atoms with E-state index in [9.17, 15) is 0 Å². The van der Waals surface area contributed by atoms with Gasteiger partial charge in [0.2, 0.25) is 0 Å². The molecule has 114 valence electrons. The molecule has 0 fully saturated rings. The van der Waals surface area contributed by atoms with Gasteiger partial charge in [-0.1, -0.05) is 12.1 Å². The van der Waals surface area contributed by atoms with Crippen molar-refractivity contribution in [2.75, 3.05) is 25.6 Å². The second-order valence-corrected chi connectivity index (χ2v) is 4.98. The summed E-state index contributed by atoms with van der Waals surface area (Å²) in [6, 6.07) is 8.27. The van der Waals surface area contributed by atoms with Crippen LogP contribution >= 0.6 is 0 Å². The second-order valence-electron chi connectivity index (χ2n) is 4.98. The normalized spacial score (nSPS) is 10.8. The molecule has 5 nitrogen and oxygen atoms in total. The van der Waals surface area contributed by atoms with Crippen LogP contribution in [0.3, 0.4) is 0 Å². The number of benzene rings is 1. The minimum Gasteiger partial charge on any atom is -0.382 e. The van der Waals surface area contributed by atoms with E-state index in [-0.39, 0.29) is 0 Å². The summed E-state index contributed by atoms with van der Waals surface area (Å²) < 4.78 is 12.4. The molecule has 2 rings (SSSR count). The Morgan fingerprint density at radius 1 is 1.29 bits per heavy atom. The number of nitrogens with zero attached hydrogens (tertiary/aromatic N) is 2. The zero-order valence-corrected chi connectivity index (χ0v) is 12.9. The fourth-order valence-corrected chi connectivity index (χ4v) is 2.02. The average Bonchev–Trinajstić information content (AvgIpc) is 2.82. The summed E-state index contributed by atoms with van der Waals surface area (Å²) in [4.78, 5) is 0. The highest BCUT2D eigenvalue weighted by atomic mass is 16.5. The van der Waals surface area contributed by atoms with Crippen molar-refractivity contribution >= 4 is 5.69 Å². The van der Waals surface area contributed by atoms with E-state index in [1.165, 1.54) is 11.3 Å². The number of anilines is 1. The third-order valence-electron chi connectivity index (χ3n) is 3.45. The topological polar surface area (TPSA) is 48.3 Å². The van der Waals surface area contributed by atoms with E-state index in [0.29, 0.717) is 19.8 Å². The molecule has 1 N–H and O–H groups in total. The quantitative estimate of drug-likeness (QED) is 0.759. The van der Waals surface area contributed by atoms with Gasteiger partial charge >= 0.3 is 0 Å². The Bertz CT molecular complexity index is 566. The summed E-state index contributed by atoms with van der Waals surface area (Å²) in [5.74, 6) is 0. The minimum absolute atomic E-state index is 0.602. The number of methoxy groups -OCH3 is 1. The number of ether oxygens (including phenoxy) is 2. The zero-order valence-electron chi connectivity index (χ0n) is 12.9. The molecule has 0 spiro atoms. The van der Waals surface area contributed by atoms with Gasteiger partial charge in [0.05, 0.1) is 26.0 Å². The summed E-state index contributed by atoms with van der Waals surface area (Å²) in [5.41, 5.74) is 4.63. The van der Waals surface area contributed by atoms with Crippen LogP contribution in [0.4, 0.5) is 5.69 Å². The maximum absolute atomic E-state index is 5.53. The molecule has 1 aromatic carbocycles. The van der Waals surface area contributed by atoms with Crippen molar-refractivity contribution < 1.29 is 9.47 Å². The van der Waals surface area contributed by atoms with Crippen LogP contribution in [-0.4, -0.2) is 30.1 Å². The van der Waals surface area contributed by atoms with Gasteiger partial charge in [-0.25, -0.2) is 0 Å². The standard InChI is InChI=1S/C16H23N3O2/c1-13-15(11-18-19(13)2)10-17-16-6-4-5-14(9-16)12-21-8-7-20-3/h4-6,9,11,17H,7-8,10,12H2,1-3H3. The SMILES string of the molecule is COCCOCc1cccc(NCc2cnn(C)c2C)c1. The Hall–Kier alpha value is -1.85. The first-order valence-corrected chi connectivity index (χ1v) is 7.07. The van der Waals surface area contributed by atoms with E-state index in [2.05, 4.69) is 35.5 Å². The van der Waals surface area contributed by atoms with Crippen molar-refractivity contribution in [2.24, 2.45) is 7.05 Å². The lowest BCUT2D eigenvalue weighted by Gasteiger charge is -2.09. The monoisotopic (exact) mass is 289 g/mol. The molecular formula is C16H23N3O2. The Kier molecular flexibility index (Phi) is 5.78. The zero-order chi connectivity index (χ0) is 15.1. The molecule has 0 unspecified atom stereocenters. The number of rotatable bonds is 8. The average molecular weight is 289 g/mol. The van der Waals surface area contributed by atoms with Crippen LogP contribution in [0, 0.1) is 6.92 Å². The van der Waals surface area contributed by atoms with Crippen molar-refractivity contribution in [3.8, 4) is 0 Å². The lowest BCUT2D eigenvalue weighted by Crippen LogP contribution is -2.03. The minimum atomic E-state index is 0.602. The van der Waals surface area contributed by atoms with E-state index in [4.69, 9.17) is 9.47 Å². The van der Waals surface area contributed by atoms with Crippen LogP contribution in [0.15, 0.2) is 30.5 Å². The van der Waals surface area contributed by atoms with Gasteiger partial charge in [-0.3, -0.25) is 4.68 Å². The molecule has 0 saturated carbocycles. The maximum atomic E-state index is 5.53. The van der Waals surface area contributed by atoms with Crippen molar-refractivity contribution in [3.05, 3.63) is 47.3 Å². The van der Waals surface area contributed by atoms with Crippen LogP contribution in [0.25, 0.3) is 0 Å². The van der Waals surface area contributed by atoms with E-state index in [1.54, 1.807) is 7.11 Å². The van der Waals surface area contributed by atoms with E-state index >= 15 is 0 Å². The summed E-state index contributed by atoms with van der Waals surface area (Å²) in [6.07, 6.45) is 1.90. The smallest absolute Gasteiger partial charge is 0.0718 e. The van der Waals surface area contributed by atoms with Crippen LogP contribution in [0.1, 0.15) is 16.8 Å². The molecule has 0 aliphatic rings. The summed E-state index contributed by atoms with van der Waals surface area (Å²) >= 11 is 0. The number of nitrogens with one attached hydrogen (secondary N) is 1. The molecule has 1 aromatic heterocycles. The van der Waals surface area contributed by atoms with Crippen LogP contribution < -0.4 is 5.32 Å². The van der Waals surface area contributed by atoms with Gasteiger partial charge in [-0.2, -0.15) is 5.10 Å². The molecule has 21 heavy (non-hydrogen) atoms. The number of aryl methyl sites for hydroxylation is 1. The molecule has 2 aromatic rings. The number of hydrogen-bond acceptors (Lipinski definition) is 4. The third kappa shape index (κ3) is 4.58. The lowest BCUT2D eigenvalue weighted by atomic mass is 10.2. The molecule has 0 saturated heterocycles. The van der Waals surface area contributed by atoms with E-state index in [1.807, 2.05) is 24.0 Å². The highest BCUT2D eigenvalue weighted by Gasteiger charge is 2.03. The van der Waals surface area contributed by atoms with Crippen molar-refractivity contribution in [3.63, 3.8) is 0 Å². The van der Waals surface area contributed by atoms with Gasteiger partial charge in [0.1, 0.15) is 0 Å². The number of aromatic nitrogens is 2. The summed E-state index contributed by atoms with van der Waals surface area (Å²) in [6.45, 7) is 4.68. The Balaban J connectivity index is 1.87. The maximum Gasteiger partial charge on any atom is 0.0718 e. The van der Waals surface area contributed by atoms with Crippen molar-refractivity contribution in [1.82, 2.24) is 9.78 Å². The predicted molar refractivity (Wildman–Crippen MR) is 83.2 cm³/mol. The van der Waals surface area contributed by atoms with Gasteiger partial charge < -0.3 is 14.8 Å². The molecule has 0 aliphatic heterocycles. The molecule has 5 heteroatoms. The largest absolute Gasteiger partial charge is 0.382 e. The van der Waals surface area contributed by atoms with E-state index in [0.717, 1.165) is 17.8 Å². The van der Waals surface area contributed by atoms with Gasteiger partial charge in [-0.05, 0) is 24.6 Å². The Labute approximate surface area is 125 Å². The van der Waals surface area contributed by atoms with Crippen LogP contribution in [0.5, 0.6) is 0 Å². The van der Waals surface area contributed by atoms with Gasteiger partial charge in [0.25, 0.3) is 0 Å².